The molecule has 0 aliphatic rings. The Hall–Kier alpha value is -3.51. The minimum Gasteiger partial charge on any atom is -0.476 e. The molecule has 30 heavy (non-hydrogen) atoms. The van der Waals surface area contributed by atoms with Crippen LogP contribution in [0.15, 0.2) is 73.2 Å². The molecule has 0 aliphatic carbocycles. The van der Waals surface area contributed by atoms with E-state index < -0.39 is 5.97 Å². The van der Waals surface area contributed by atoms with Gasteiger partial charge in [-0.2, -0.15) is 5.10 Å². The third-order valence-electron chi connectivity index (χ3n) is 4.30. The van der Waals surface area contributed by atoms with Crippen LogP contribution in [-0.4, -0.2) is 25.8 Å². The van der Waals surface area contributed by atoms with Gasteiger partial charge >= 0.3 is 5.97 Å². The standard InChI is InChI=1S/C24H23N3O2S/c1-5-10-17(6-2)22-19(14-13-16(3)4)21(18-11-8-7-9-12-18)26-27(22)24-25-20(15-30-24)23(28)29/h5-16H,1-2H2,3-4H3,(H,28,29)/b14-13+,17-10+. The number of hydrogen-bond acceptors (Lipinski definition) is 4. The number of aromatic carboxylic acids is 1. The van der Waals surface area contributed by atoms with Gasteiger partial charge in [0.2, 0.25) is 5.13 Å². The maximum atomic E-state index is 11.4. The molecule has 0 bridgehead atoms. The largest absolute Gasteiger partial charge is 0.476 e. The van der Waals surface area contributed by atoms with Crippen LogP contribution >= 0.6 is 11.3 Å². The second-order valence-electron chi connectivity index (χ2n) is 6.87. The average Bonchev–Trinajstić information content (AvgIpc) is 3.36. The molecule has 0 radical (unpaired) electrons. The first-order valence-corrected chi connectivity index (χ1v) is 10.4. The average molecular weight is 418 g/mol. The van der Waals surface area contributed by atoms with E-state index in [1.54, 1.807) is 16.8 Å². The number of benzene rings is 1. The topological polar surface area (TPSA) is 68.0 Å². The van der Waals surface area contributed by atoms with E-state index in [1.165, 1.54) is 16.7 Å². The molecule has 1 aromatic carbocycles. The van der Waals surface area contributed by atoms with Crippen molar-refractivity contribution < 1.29 is 9.90 Å². The van der Waals surface area contributed by atoms with Gasteiger partial charge in [0.25, 0.3) is 0 Å². The molecule has 0 unspecified atom stereocenters. The Labute approximate surface area is 180 Å². The van der Waals surface area contributed by atoms with Crippen molar-refractivity contribution in [1.29, 1.82) is 0 Å². The molecule has 0 spiro atoms. The zero-order valence-electron chi connectivity index (χ0n) is 16.9. The lowest BCUT2D eigenvalue weighted by Crippen LogP contribution is -2.03. The number of rotatable bonds is 8. The summed E-state index contributed by atoms with van der Waals surface area (Å²) in [6.45, 7) is 12.0. The number of carboxylic acids is 1. The van der Waals surface area contributed by atoms with Crippen molar-refractivity contribution in [3.05, 3.63) is 90.1 Å². The molecule has 0 saturated carbocycles. The lowest BCUT2D eigenvalue weighted by molar-refractivity contribution is 0.0691. The number of aromatic nitrogens is 3. The van der Waals surface area contributed by atoms with Gasteiger partial charge in [0.05, 0.1) is 5.69 Å². The molecular formula is C24H23N3O2S. The molecular weight excluding hydrogens is 394 g/mol. The number of thiazole rings is 1. The summed E-state index contributed by atoms with van der Waals surface area (Å²) in [6, 6.07) is 9.88. The highest BCUT2D eigenvalue weighted by Gasteiger charge is 2.22. The van der Waals surface area contributed by atoms with Crippen molar-refractivity contribution in [3.63, 3.8) is 0 Å². The summed E-state index contributed by atoms with van der Waals surface area (Å²) in [6.07, 6.45) is 9.45. The molecule has 3 rings (SSSR count). The van der Waals surface area contributed by atoms with Crippen LogP contribution in [-0.2, 0) is 0 Å². The van der Waals surface area contributed by atoms with Gasteiger partial charge in [-0.15, -0.1) is 11.3 Å². The van der Waals surface area contributed by atoms with Crippen LogP contribution in [0.2, 0.25) is 0 Å². The highest BCUT2D eigenvalue weighted by atomic mass is 32.1. The van der Waals surface area contributed by atoms with Gasteiger partial charge < -0.3 is 5.11 Å². The number of hydrogen-bond donors (Lipinski definition) is 1. The number of carboxylic acid groups (broad SMARTS) is 1. The van der Waals surface area contributed by atoms with Crippen LogP contribution in [0, 0.1) is 5.92 Å². The maximum Gasteiger partial charge on any atom is 0.355 e. The number of nitrogens with zero attached hydrogens (tertiary/aromatic N) is 3. The molecule has 2 heterocycles. The molecule has 5 nitrogen and oxygen atoms in total. The number of allylic oxidation sites excluding steroid dienone is 5. The molecule has 0 saturated heterocycles. The molecule has 0 fully saturated rings. The fraction of sp³-hybridized carbons (Fsp3) is 0.125. The van der Waals surface area contributed by atoms with Crippen molar-refractivity contribution >= 4 is 29.0 Å². The second kappa shape index (κ2) is 9.33. The zero-order valence-corrected chi connectivity index (χ0v) is 17.8. The third-order valence-corrected chi connectivity index (χ3v) is 5.12. The highest BCUT2D eigenvalue weighted by Crippen LogP contribution is 2.34. The smallest absolute Gasteiger partial charge is 0.355 e. The Morgan fingerprint density at radius 2 is 1.97 bits per heavy atom. The van der Waals surface area contributed by atoms with Crippen LogP contribution in [0.5, 0.6) is 0 Å². The van der Waals surface area contributed by atoms with Crippen molar-refractivity contribution in [3.8, 4) is 16.4 Å². The van der Waals surface area contributed by atoms with Crippen LogP contribution in [0.25, 0.3) is 28.0 Å². The van der Waals surface area contributed by atoms with Gasteiger partial charge in [0.15, 0.2) is 5.69 Å². The van der Waals surface area contributed by atoms with Gasteiger partial charge in [0, 0.05) is 22.1 Å². The Bertz CT molecular complexity index is 1130. The number of carbonyl (C=O) groups is 1. The van der Waals surface area contributed by atoms with Gasteiger partial charge in [-0.1, -0.05) is 87.7 Å². The van der Waals surface area contributed by atoms with E-state index in [1.807, 2.05) is 36.4 Å². The third kappa shape index (κ3) is 4.39. The maximum absolute atomic E-state index is 11.4. The van der Waals surface area contributed by atoms with Crippen molar-refractivity contribution in [2.75, 3.05) is 0 Å². The SMILES string of the molecule is C=C/C=C(\C=C)c1c(/C=C/C(C)C)c(-c2ccccc2)nn1-c1nc(C(=O)O)cs1. The lowest BCUT2D eigenvalue weighted by Gasteiger charge is -2.07. The molecule has 152 valence electrons. The van der Waals surface area contributed by atoms with Crippen LogP contribution in [0.4, 0.5) is 0 Å². The summed E-state index contributed by atoms with van der Waals surface area (Å²) in [5, 5.41) is 16.1. The molecule has 2 aromatic heterocycles. The van der Waals surface area contributed by atoms with Gasteiger partial charge in [-0.25, -0.2) is 14.5 Å². The summed E-state index contributed by atoms with van der Waals surface area (Å²) in [5.74, 6) is -0.723. The summed E-state index contributed by atoms with van der Waals surface area (Å²) in [4.78, 5) is 15.6. The van der Waals surface area contributed by atoms with Crippen LogP contribution < -0.4 is 0 Å². The summed E-state index contributed by atoms with van der Waals surface area (Å²) < 4.78 is 1.69. The molecule has 6 heteroatoms. The van der Waals surface area contributed by atoms with Gasteiger partial charge in [-0.05, 0) is 5.92 Å². The summed E-state index contributed by atoms with van der Waals surface area (Å²) >= 11 is 1.23. The van der Waals surface area contributed by atoms with Crippen molar-refractivity contribution in [1.82, 2.24) is 14.8 Å². The molecule has 0 aliphatic heterocycles. The van der Waals surface area contributed by atoms with Gasteiger partial charge in [0.1, 0.15) is 5.69 Å². The Morgan fingerprint density at radius 3 is 2.53 bits per heavy atom. The first-order valence-electron chi connectivity index (χ1n) is 9.47. The van der Waals surface area contributed by atoms with E-state index in [-0.39, 0.29) is 5.69 Å². The van der Waals surface area contributed by atoms with Gasteiger partial charge in [-0.3, -0.25) is 0 Å². The molecule has 1 N–H and O–H groups in total. The molecule has 0 amide bonds. The van der Waals surface area contributed by atoms with E-state index in [9.17, 15) is 9.90 Å². The fourth-order valence-electron chi connectivity index (χ4n) is 2.93. The summed E-state index contributed by atoms with van der Waals surface area (Å²) in [5.41, 5.74) is 4.24. The predicted molar refractivity (Wildman–Crippen MR) is 124 cm³/mol. The minimum atomic E-state index is -1.07. The Balaban J connectivity index is 2.37. The minimum absolute atomic E-state index is 0.00941. The highest BCUT2D eigenvalue weighted by molar-refractivity contribution is 7.12. The molecule has 0 atom stereocenters. The van der Waals surface area contributed by atoms with Crippen LogP contribution in [0.3, 0.4) is 0 Å². The first kappa shape index (κ1) is 21.2. The van der Waals surface area contributed by atoms with E-state index in [2.05, 4.69) is 44.1 Å². The fourth-order valence-corrected chi connectivity index (χ4v) is 3.69. The first-order chi connectivity index (χ1) is 14.5. The van der Waals surface area contributed by atoms with E-state index >= 15 is 0 Å². The summed E-state index contributed by atoms with van der Waals surface area (Å²) in [7, 11) is 0. The normalized spacial score (nSPS) is 11.9. The Kier molecular flexibility index (Phi) is 6.59. The predicted octanol–water partition coefficient (Wildman–Crippen LogP) is 6.12. The quantitative estimate of drug-likeness (QED) is 0.448. The monoisotopic (exact) mass is 417 g/mol. The van der Waals surface area contributed by atoms with E-state index in [4.69, 9.17) is 5.10 Å². The second-order valence-corrected chi connectivity index (χ2v) is 7.71. The zero-order chi connectivity index (χ0) is 21.7. The van der Waals surface area contributed by atoms with E-state index in [0.29, 0.717) is 11.0 Å². The lowest BCUT2D eigenvalue weighted by atomic mass is 10.00. The Morgan fingerprint density at radius 1 is 1.23 bits per heavy atom. The van der Waals surface area contributed by atoms with Crippen molar-refractivity contribution in [2.45, 2.75) is 13.8 Å². The van der Waals surface area contributed by atoms with Crippen LogP contribution in [0.1, 0.15) is 35.6 Å². The van der Waals surface area contributed by atoms with E-state index in [0.717, 1.165) is 28.1 Å². The molecule has 3 aromatic rings. The van der Waals surface area contributed by atoms with Crippen molar-refractivity contribution in [2.24, 2.45) is 5.92 Å².